The Morgan fingerprint density at radius 2 is 2.00 bits per heavy atom. The predicted molar refractivity (Wildman–Crippen MR) is 77.8 cm³/mol. The fraction of sp³-hybridized carbons (Fsp3) is 0.333. The number of aromatic nitrogens is 3. The van der Waals surface area contributed by atoms with Crippen LogP contribution >= 0.6 is 0 Å². The molecule has 0 fully saturated rings. The van der Waals surface area contributed by atoms with Crippen molar-refractivity contribution in [3.8, 4) is 5.69 Å². The number of nitrogens with zero attached hydrogens (tertiary/aromatic N) is 3. The van der Waals surface area contributed by atoms with Gasteiger partial charge in [-0.15, -0.1) is 0 Å². The molecule has 0 aliphatic carbocycles. The molecule has 0 aliphatic heterocycles. The Kier molecular flexibility index (Phi) is 4.16. The molecule has 0 amide bonds. The third-order valence-corrected chi connectivity index (χ3v) is 3.47. The number of rotatable bonds is 4. The maximum atomic E-state index is 12.2. The number of carboxylic acids is 1. The van der Waals surface area contributed by atoms with E-state index in [2.05, 4.69) is 9.97 Å². The van der Waals surface area contributed by atoms with E-state index in [4.69, 9.17) is 5.11 Å². The Balaban J connectivity index is 2.62. The maximum Gasteiger partial charge on any atom is 0.352 e. The van der Waals surface area contributed by atoms with Crippen LogP contribution in [0.25, 0.3) is 5.69 Å². The fourth-order valence-electron chi connectivity index (χ4n) is 2.39. The molecule has 0 saturated carbocycles. The summed E-state index contributed by atoms with van der Waals surface area (Å²) in [6.45, 7) is 5.35. The van der Waals surface area contributed by atoms with Crippen molar-refractivity contribution in [2.45, 2.75) is 33.6 Å². The molecule has 0 aliphatic rings. The van der Waals surface area contributed by atoms with E-state index in [0.29, 0.717) is 23.5 Å². The van der Waals surface area contributed by atoms with E-state index in [1.54, 1.807) is 32.2 Å². The van der Waals surface area contributed by atoms with Crippen LogP contribution in [0.1, 0.15) is 29.1 Å². The minimum atomic E-state index is -0.871. The van der Waals surface area contributed by atoms with E-state index in [1.807, 2.05) is 6.92 Å². The lowest BCUT2D eigenvalue weighted by atomic mass is 10.1. The van der Waals surface area contributed by atoms with Gasteiger partial charge in [0.2, 0.25) is 0 Å². The molecule has 0 spiro atoms. The van der Waals surface area contributed by atoms with Crippen molar-refractivity contribution in [3.05, 3.63) is 51.5 Å². The highest BCUT2D eigenvalue weighted by Crippen LogP contribution is 2.17. The molecule has 6 nitrogen and oxygen atoms in total. The third-order valence-electron chi connectivity index (χ3n) is 3.47. The van der Waals surface area contributed by atoms with Gasteiger partial charge in [-0.2, -0.15) is 4.98 Å². The van der Waals surface area contributed by atoms with E-state index >= 15 is 0 Å². The molecule has 0 saturated heterocycles. The van der Waals surface area contributed by atoms with Gasteiger partial charge in [-0.05, 0) is 44.9 Å². The lowest BCUT2D eigenvalue weighted by Gasteiger charge is -2.16. The summed E-state index contributed by atoms with van der Waals surface area (Å²) in [7, 11) is 0. The van der Waals surface area contributed by atoms with E-state index in [1.165, 1.54) is 4.57 Å². The molecule has 2 aromatic rings. The van der Waals surface area contributed by atoms with Gasteiger partial charge in [0.15, 0.2) is 0 Å². The van der Waals surface area contributed by atoms with Gasteiger partial charge in [0.05, 0.1) is 11.4 Å². The Bertz CT molecular complexity index is 750. The molecule has 0 unspecified atom stereocenters. The van der Waals surface area contributed by atoms with E-state index < -0.39 is 5.97 Å². The maximum absolute atomic E-state index is 12.2. The molecule has 0 radical (unpaired) electrons. The van der Waals surface area contributed by atoms with Crippen LogP contribution in [-0.2, 0) is 11.2 Å². The van der Waals surface area contributed by atoms with Crippen LogP contribution in [0, 0.1) is 20.8 Å². The lowest BCUT2D eigenvalue weighted by molar-refractivity contribution is -0.136. The summed E-state index contributed by atoms with van der Waals surface area (Å²) >= 11 is 0. The quantitative estimate of drug-likeness (QED) is 0.922. The number of hydrogen-bond donors (Lipinski definition) is 1. The van der Waals surface area contributed by atoms with Crippen molar-refractivity contribution in [2.75, 3.05) is 0 Å². The minimum absolute atomic E-state index is 0.00753. The van der Waals surface area contributed by atoms with Crippen molar-refractivity contribution in [2.24, 2.45) is 0 Å². The highest BCUT2D eigenvalue weighted by Gasteiger charge is 2.15. The first kappa shape index (κ1) is 14.9. The van der Waals surface area contributed by atoms with Crippen molar-refractivity contribution < 1.29 is 9.90 Å². The van der Waals surface area contributed by atoms with Gasteiger partial charge in [-0.1, -0.05) is 0 Å². The van der Waals surface area contributed by atoms with E-state index in [0.717, 1.165) is 11.3 Å². The average Bonchev–Trinajstić information content (AvgIpc) is 2.40. The number of aliphatic carboxylic acids is 1. The molecule has 0 aromatic carbocycles. The largest absolute Gasteiger partial charge is 0.481 e. The Labute approximate surface area is 122 Å². The molecule has 0 bridgehead atoms. The van der Waals surface area contributed by atoms with Crippen molar-refractivity contribution in [1.29, 1.82) is 0 Å². The summed E-state index contributed by atoms with van der Waals surface area (Å²) in [5.41, 5.74) is 3.10. The fourth-order valence-corrected chi connectivity index (χ4v) is 2.39. The third kappa shape index (κ3) is 2.99. The van der Waals surface area contributed by atoms with Crippen molar-refractivity contribution >= 4 is 5.97 Å². The first-order chi connectivity index (χ1) is 9.91. The molecule has 21 heavy (non-hydrogen) atoms. The topological polar surface area (TPSA) is 85.1 Å². The second-order valence-electron chi connectivity index (χ2n) is 4.88. The number of aryl methyl sites for hydroxylation is 2. The summed E-state index contributed by atoms with van der Waals surface area (Å²) in [5, 5.41) is 8.84. The lowest BCUT2D eigenvalue weighted by Crippen LogP contribution is -2.27. The van der Waals surface area contributed by atoms with E-state index in [9.17, 15) is 9.59 Å². The van der Waals surface area contributed by atoms with E-state index in [-0.39, 0.29) is 12.1 Å². The van der Waals surface area contributed by atoms with Crippen molar-refractivity contribution in [1.82, 2.24) is 14.5 Å². The van der Waals surface area contributed by atoms with Crippen LogP contribution in [-0.4, -0.2) is 25.6 Å². The van der Waals surface area contributed by atoms with Gasteiger partial charge in [0.25, 0.3) is 0 Å². The van der Waals surface area contributed by atoms with Crippen LogP contribution in [0.2, 0.25) is 0 Å². The summed E-state index contributed by atoms with van der Waals surface area (Å²) in [4.78, 5) is 31.2. The SMILES string of the molecule is Cc1ncccc1-n1c(C)c(CCC(=O)O)c(C)nc1=O. The molecule has 2 aromatic heterocycles. The molecular weight excluding hydrogens is 270 g/mol. The van der Waals surface area contributed by atoms with Gasteiger partial charge in [-0.25, -0.2) is 4.79 Å². The average molecular weight is 287 g/mol. The molecule has 2 rings (SSSR count). The number of carboxylic acid groups (broad SMARTS) is 1. The first-order valence-electron chi connectivity index (χ1n) is 6.64. The molecular formula is C15H17N3O3. The Morgan fingerprint density at radius 3 is 2.62 bits per heavy atom. The zero-order valence-electron chi connectivity index (χ0n) is 12.3. The Hall–Kier alpha value is -2.50. The van der Waals surface area contributed by atoms with Gasteiger partial charge in [0, 0.05) is 24.0 Å². The number of carbonyl (C=O) groups is 1. The summed E-state index contributed by atoms with van der Waals surface area (Å²) in [6, 6.07) is 3.56. The standard InChI is InChI=1S/C15H17N3O3/c1-9-12(6-7-14(19)20)11(3)18(15(21)17-9)13-5-4-8-16-10(13)2/h4-5,8H,6-7H2,1-3H3,(H,19,20). The number of pyridine rings is 1. The van der Waals surface area contributed by atoms with Crippen LogP contribution in [0.4, 0.5) is 0 Å². The zero-order chi connectivity index (χ0) is 15.6. The molecule has 0 atom stereocenters. The summed E-state index contributed by atoms with van der Waals surface area (Å²) in [5.74, 6) is -0.871. The van der Waals surface area contributed by atoms with Crippen LogP contribution in [0.15, 0.2) is 23.1 Å². The van der Waals surface area contributed by atoms with Crippen LogP contribution in [0.3, 0.4) is 0 Å². The summed E-state index contributed by atoms with van der Waals surface area (Å²) < 4.78 is 1.49. The van der Waals surface area contributed by atoms with Crippen LogP contribution in [0.5, 0.6) is 0 Å². The first-order valence-corrected chi connectivity index (χ1v) is 6.64. The molecule has 1 N–H and O–H groups in total. The van der Waals surface area contributed by atoms with Crippen LogP contribution < -0.4 is 5.69 Å². The normalized spacial score (nSPS) is 10.6. The second kappa shape index (κ2) is 5.87. The second-order valence-corrected chi connectivity index (χ2v) is 4.88. The monoisotopic (exact) mass is 287 g/mol. The van der Waals surface area contributed by atoms with Gasteiger partial charge in [-0.3, -0.25) is 14.3 Å². The smallest absolute Gasteiger partial charge is 0.352 e. The highest BCUT2D eigenvalue weighted by atomic mass is 16.4. The summed E-state index contributed by atoms with van der Waals surface area (Å²) in [6.07, 6.45) is 2.01. The molecule has 110 valence electrons. The Morgan fingerprint density at radius 1 is 1.29 bits per heavy atom. The zero-order valence-corrected chi connectivity index (χ0v) is 12.3. The van der Waals surface area contributed by atoms with Gasteiger partial charge < -0.3 is 5.11 Å². The predicted octanol–water partition coefficient (Wildman–Crippen LogP) is 1.57. The number of hydrogen-bond acceptors (Lipinski definition) is 4. The highest BCUT2D eigenvalue weighted by molar-refractivity contribution is 5.67. The van der Waals surface area contributed by atoms with Crippen molar-refractivity contribution in [3.63, 3.8) is 0 Å². The van der Waals surface area contributed by atoms with Gasteiger partial charge >= 0.3 is 11.7 Å². The molecule has 2 heterocycles. The van der Waals surface area contributed by atoms with Gasteiger partial charge in [0.1, 0.15) is 0 Å². The minimum Gasteiger partial charge on any atom is -0.481 e. The molecule has 6 heteroatoms.